The van der Waals surface area contributed by atoms with Gasteiger partial charge in [-0.1, -0.05) is 26.7 Å². The van der Waals surface area contributed by atoms with Gasteiger partial charge < -0.3 is 14.2 Å². The molecule has 4 aliphatic heterocycles. The molecule has 8 unspecified atom stereocenters. The van der Waals surface area contributed by atoms with Crippen molar-refractivity contribution < 1.29 is 14.2 Å². The molecule has 1 saturated carbocycles. The molecule has 8 atom stereocenters. The third-order valence-corrected chi connectivity index (χ3v) is 7.39. The number of hydrogen-bond donors (Lipinski definition) is 0. The zero-order chi connectivity index (χ0) is 14.2. The third-order valence-electron chi connectivity index (χ3n) is 7.39. The predicted octanol–water partition coefficient (Wildman–Crippen LogP) is 3.16. The highest BCUT2D eigenvalue weighted by Crippen LogP contribution is 2.64. The van der Waals surface area contributed by atoms with Gasteiger partial charge in [-0.2, -0.15) is 0 Å². The third kappa shape index (κ3) is 1.51. The van der Waals surface area contributed by atoms with Crippen LogP contribution in [0.5, 0.6) is 0 Å². The number of ether oxygens (including phenoxy) is 3. The predicted molar refractivity (Wildman–Crippen MR) is 79.0 cm³/mol. The molecule has 0 amide bonds. The van der Waals surface area contributed by atoms with Crippen molar-refractivity contribution in [1.29, 1.82) is 0 Å². The topological polar surface area (TPSA) is 27.7 Å². The van der Waals surface area contributed by atoms with Crippen molar-refractivity contribution in [3.05, 3.63) is 0 Å². The van der Waals surface area contributed by atoms with Crippen LogP contribution in [-0.2, 0) is 14.2 Å². The Kier molecular flexibility index (Phi) is 2.83. The van der Waals surface area contributed by atoms with Crippen LogP contribution in [0.4, 0.5) is 0 Å². The zero-order valence-electron chi connectivity index (χ0n) is 13.3. The van der Waals surface area contributed by atoms with Crippen molar-refractivity contribution in [3.8, 4) is 0 Å². The minimum absolute atomic E-state index is 0.178. The van der Waals surface area contributed by atoms with Gasteiger partial charge >= 0.3 is 0 Å². The minimum atomic E-state index is 0.178. The summed E-state index contributed by atoms with van der Waals surface area (Å²) < 4.78 is 19.4. The van der Waals surface area contributed by atoms with Crippen LogP contribution in [0.25, 0.3) is 0 Å². The molecule has 3 nitrogen and oxygen atoms in total. The lowest BCUT2D eigenvalue weighted by Crippen LogP contribution is -2.48. The molecule has 5 aliphatic rings. The average molecular weight is 292 g/mol. The van der Waals surface area contributed by atoms with Crippen molar-refractivity contribution in [1.82, 2.24) is 0 Å². The number of hydrogen-bond acceptors (Lipinski definition) is 3. The summed E-state index contributed by atoms with van der Waals surface area (Å²) in [4.78, 5) is 0. The van der Waals surface area contributed by atoms with Gasteiger partial charge in [0.2, 0.25) is 0 Å². The van der Waals surface area contributed by atoms with Gasteiger partial charge in [0.25, 0.3) is 0 Å². The van der Waals surface area contributed by atoms with Gasteiger partial charge in [0.1, 0.15) is 0 Å². The Morgan fingerprint density at radius 3 is 2.24 bits per heavy atom. The summed E-state index contributed by atoms with van der Waals surface area (Å²) in [6.45, 7) is 5.49. The molecule has 4 saturated heterocycles. The van der Waals surface area contributed by atoms with Crippen LogP contribution >= 0.6 is 0 Å². The molecule has 4 heterocycles. The van der Waals surface area contributed by atoms with Crippen molar-refractivity contribution in [2.75, 3.05) is 6.61 Å². The van der Waals surface area contributed by atoms with Gasteiger partial charge in [-0.3, -0.25) is 0 Å². The SMILES string of the molecule is CCC1OC(CC)C2C3OC(C4COC5(CCCC5)C43)C12. The van der Waals surface area contributed by atoms with E-state index in [1.165, 1.54) is 25.7 Å². The smallest absolute Gasteiger partial charge is 0.0740 e. The molecule has 5 fully saturated rings. The van der Waals surface area contributed by atoms with Crippen LogP contribution in [-0.4, -0.2) is 36.6 Å². The Balaban J connectivity index is 1.50. The summed E-state index contributed by atoms with van der Waals surface area (Å²) in [5, 5.41) is 0. The Morgan fingerprint density at radius 2 is 1.57 bits per heavy atom. The van der Waals surface area contributed by atoms with E-state index in [-0.39, 0.29) is 5.60 Å². The monoisotopic (exact) mass is 292 g/mol. The molecule has 21 heavy (non-hydrogen) atoms. The molecule has 5 rings (SSSR count). The summed E-state index contributed by atoms with van der Waals surface area (Å²) in [7, 11) is 0. The quantitative estimate of drug-likeness (QED) is 0.782. The van der Waals surface area contributed by atoms with E-state index in [9.17, 15) is 0 Å². The first-order chi connectivity index (χ1) is 10.3. The first-order valence-electron chi connectivity index (χ1n) is 9.24. The molecule has 1 spiro atoms. The van der Waals surface area contributed by atoms with Crippen molar-refractivity contribution in [2.24, 2.45) is 23.7 Å². The van der Waals surface area contributed by atoms with E-state index in [4.69, 9.17) is 14.2 Å². The highest BCUT2D eigenvalue weighted by atomic mass is 16.6. The maximum atomic E-state index is 6.60. The van der Waals surface area contributed by atoms with Crippen LogP contribution in [0.3, 0.4) is 0 Å². The van der Waals surface area contributed by atoms with Crippen LogP contribution in [0, 0.1) is 23.7 Å². The molecule has 0 N–H and O–H groups in total. The van der Waals surface area contributed by atoms with Gasteiger partial charge in [-0.25, -0.2) is 0 Å². The van der Waals surface area contributed by atoms with E-state index in [1.807, 2.05) is 0 Å². The van der Waals surface area contributed by atoms with Gasteiger partial charge in [-0.05, 0) is 25.7 Å². The van der Waals surface area contributed by atoms with E-state index in [2.05, 4.69) is 13.8 Å². The summed E-state index contributed by atoms with van der Waals surface area (Å²) in [5.41, 5.74) is 0.178. The lowest BCUT2D eigenvalue weighted by atomic mass is 9.62. The van der Waals surface area contributed by atoms with Crippen molar-refractivity contribution in [3.63, 3.8) is 0 Å². The standard InChI is InChI=1S/C18H28O3/c1-3-11-13-14(12(4-2)20-11)17-15-10(16(13)21-17)9-19-18(15)7-5-6-8-18/h10-17H,3-9H2,1-2H3. The number of fused-ring (bicyclic) bond motifs is 9. The van der Waals surface area contributed by atoms with Crippen LogP contribution in [0.15, 0.2) is 0 Å². The van der Waals surface area contributed by atoms with Gasteiger partial charge in [0.05, 0.1) is 36.6 Å². The normalized spacial score (nSPS) is 56.3. The minimum Gasteiger partial charge on any atom is -0.374 e. The molecule has 0 aromatic rings. The Bertz CT molecular complexity index is 430. The lowest BCUT2D eigenvalue weighted by Gasteiger charge is -2.38. The molecular weight excluding hydrogens is 264 g/mol. The van der Waals surface area contributed by atoms with E-state index in [0.717, 1.165) is 19.4 Å². The lowest BCUT2D eigenvalue weighted by molar-refractivity contribution is -0.0829. The van der Waals surface area contributed by atoms with E-state index in [1.54, 1.807) is 0 Å². The zero-order valence-corrected chi connectivity index (χ0v) is 13.3. The summed E-state index contributed by atoms with van der Waals surface area (Å²) in [6, 6.07) is 0. The van der Waals surface area contributed by atoms with Gasteiger partial charge in [0.15, 0.2) is 0 Å². The summed E-state index contributed by atoms with van der Waals surface area (Å²) >= 11 is 0. The van der Waals surface area contributed by atoms with Crippen molar-refractivity contribution in [2.45, 2.75) is 82.4 Å². The van der Waals surface area contributed by atoms with Crippen LogP contribution < -0.4 is 0 Å². The van der Waals surface area contributed by atoms with E-state index < -0.39 is 0 Å². The highest BCUT2D eigenvalue weighted by Gasteiger charge is 2.72. The molecule has 0 radical (unpaired) electrons. The largest absolute Gasteiger partial charge is 0.374 e. The second-order valence-corrected chi connectivity index (χ2v) is 8.02. The van der Waals surface area contributed by atoms with E-state index in [0.29, 0.717) is 48.1 Å². The fourth-order valence-corrected chi connectivity index (χ4v) is 6.72. The Morgan fingerprint density at radius 1 is 0.905 bits per heavy atom. The van der Waals surface area contributed by atoms with Gasteiger partial charge in [0, 0.05) is 23.7 Å². The van der Waals surface area contributed by atoms with Crippen molar-refractivity contribution >= 4 is 0 Å². The van der Waals surface area contributed by atoms with Crippen LogP contribution in [0.2, 0.25) is 0 Å². The summed E-state index contributed by atoms with van der Waals surface area (Å²) in [6.07, 6.45) is 9.20. The molecule has 3 heteroatoms. The Labute approximate surface area is 127 Å². The maximum Gasteiger partial charge on any atom is 0.0740 e. The highest BCUT2D eigenvalue weighted by molar-refractivity contribution is 5.18. The fourth-order valence-electron chi connectivity index (χ4n) is 6.72. The maximum absolute atomic E-state index is 6.60. The molecule has 0 aromatic heterocycles. The molecule has 118 valence electrons. The number of rotatable bonds is 2. The van der Waals surface area contributed by atoms with Gasteiger partial charge in [-0.15, -0.1) is 0 Å². The first kappa shape index (κ1) is 13.3. The Hall–Kier alpha value is -0.120. The second-order valence-electron chi connectivity index (χ2n) is 8.02. The van der Waals surface area contributed by atoms with E-state index >= 15 is 0 Å². The average Bonchev–Trinajstić information content (AvgIpc) is 3.25. The fraction of sp³-hybridized carbons (Fsp3) is 1.00. The second kappa shape index (κ2) is 4.46. The van der Waals surface area contributed by atoms with Crippen LogP contribution in [0.1, 0.15) is 52.4 Å². The molecular formula is C18H28O3. The molecule has 1 aliphatic carbocycles. The summed E-state index contributed by atoms with van der Waals surface area (Å²) in [5.74, 6) is 2.61. The molecule has 0 aromatic carbocycles. The molecule has 2 bridgehead atoms. The first-order valence-corrected chi connectivity index (χ1v) is 9.24.